The van der Waals surface area contributed by atoms with E-state index in [0.29, 0.717) is 0 Å². The lowest BCUT2D eigenvalue weighted by molar-refractivity contribution is -0.140. The van der Waals surface area contributed by atoms with Crippen molar-refractivity contribution in [1.29, 1.82) is 0 Å². The largest absolute Gasteiger partial charge is 0.435 e. The Labute approximate surface area is 179 Å². The molecule has 32 heavy (non-hydrogen) atoms. The van der Waals surface area contributed by atoms with Crippen LogP contribution in [0.25, 0.3) is 17.0 Å². The summed E-state index contributed by atoms with van der Waals surface area (Å²) in [5.41, 5.74) is -3.17. The Morgan fingerprint density at radius 1 is 0.844 bits per heavy atom. The van der Waals surface area contributed by atoms with Gasteiger partial charge in [-0.15, -0.1) is 0 Å². The van der Waals surface area contributed by atoms with Crippen LogP contribution >= 0.6 is 11.6 Å². The minimum Gasteiger partial charge on any atom is -0.324 e. The molecule has 0 radical (unpaired) electrons. The van der Waals surface area contributed by atoms with E-state index in [1.54, 1.807) is 0 Å². The molecule has 3 aromatic heterocycles. The zero-order valence-corrected chi connectivity index (χ0v) is 16.2. The molecule has 13 heteroatoms. The van der Waals surface area contributed by atoms with Crippen molar-refractivity contribution < 1.29 is 30.7 Å². The van der Waals surface area contributed by atoms with E-state index in [9.17, 15) is 30.7 Å². The molecule has 4 rings (SSSR count). The van der Waals surface area contributed by atoms with Gasteiger partial charge in [-0.2, -0.15) is 26.3 Å². The van der Waals surface area contributed by atoms with Gasteiger partial charge in [0.2, 0.25) is 5.95 Å². The summed E-state index contributed by atoms with van der Waals surface area (Å²) in [5.74, 6) is -1.10. The molecule has 0 amide bonds. The van der Waals surface area contributed by atoms with Crippen molar-refractivity contribution in [2.75, 3.05) is 5.32 Å². The van der Waals surface area contributed by atoms with Crippen LogP contribution in [0.15, 0.2) is 48.7 Å². The van der Waals surface area contributed by atoms with Crippen LogP contribution in [-0.2, 0) is 12.4 Å². The maximum atomic E-state index is 13.7. The van der Waals surface area contributed by atoms with Crippen LogP contribution in [0.3, 0.4) is 0 Å². The number of imidazole rings is 1. The molecule has 0 aliphatic heterocycles. The standard InChI is InChI=1S/C19H9ClF7N5/c20-13-7-12(15-16(19(25,26)27)31-14-6-3-10(21)8-32(14)15)29-17(30-13)28-11-4-1-9(2-5-11)18(22,23)24/h1-8H,(H,28,29,30). The summed E-state index contributed by atoms with van der Waals surface area (Å²) in [7, 11) is 0. The fraction of sp³-hybridized carbons (Fsp3) is 0.105. The van der Waals surface area contributed by atoms with Gasteiger partial charge in [0.25, 0.3) is 0 Å². The molecule has 0 aliphatic carbocycles. The number of anilines is 2. The summed E-state index contributed by atoms with van der Waals surface area (Å²) >= 11 is 5.94. The molecule has 1 aromatic carbocycles. The first-order chi connectivity index (χ1) is 14.9. The van der Waals surface area contributed by atoms with Gasteiger partial charge in [0.15, 0.2) is 5.69 Å². The number of alkyl halides is 6. The van der Waals surface area contributed by atoms with Gasteiger partial charge in [0, 0.05) is 18.0 Å². The molecule has 1 N–H and O–H groups in total. The van der Waals surface area contributed by atoms with E-state index >= 15 is 0 Å². The first kappa shape index (κ1) is 21.8. The van der Waals surface area contributed by atoms with Gasteiger partial charge in [0.1, 0.15) is 22.3 Å². The molecule has 0 saturated heterocycles. The molecular formula is C19H9ClF7N5. The van der Waals surface area contributed by atoms with Crippen LogP contribution in [-0.4, -0.2) is 19.4 Å². The fourth-order valence-corrected chi connectivity index (χ4v) is 3.11. The number of fused-ring (bicyclic) bond motifs is 1. The molecule has 0 aliphatic rings. The number of nitrogens with zero attached hydrogens (tertiary/aromatic N) is 4. The first-order valence-electron chi connectivity index (χ1n) is 8.66. The molecule has 0 saturated carbocycles. The van der Waals surface area contributed by atoms with Gasteiger partial charge >= 0.3 is 12.4 Å². The lowest BCUT2D eigenvalue weighted by Gasteiger charge is -2.11. The molecule has 0 fully saturated rings. The Kier molecular flexibility index (Phi) is 5.19. The van der Waals surface area contributed by atoms with Crippen molar-refractivity contribution in [3.63, 3.8) is 0 Å². The second-order valence-corrected chi connectivity index (χ2v) is 6.87. The first-order valence-corrected chi connectivity index (χ1v) is 9.03. The van der Waals surface area contributed by atoms with Crippen LogP contribution in [0.1, 0.15) is 11.3 Å². The molecule has 166 valence electrons. The van der Waals surface area contributed by atoms with Gasteiger partial charge in [-0.3, -0.25) is 4.40 Å². The number of benzene rings is 1. The Bertz CT molecular complexity index is 1300. The number of pyridine rings is 1. The third-order valence-electron chi connectivity index (χ3n) is 4.26. The quantitative estimate of drug-likeness (QED) is 0.276. The Balaban J connectivity index is 1.80. The number of hydrogen-bond donors (Lipinski definition) is 1. The van der Waals surface area contributed by atoms with Crippen LogP contribution < -0.4 is 5.32 Å². The molecule has 0 unspecified atom stereocenters. The minimum absolute atomic E-state index is 0.131. The fourth-order valence-electron chi connectivity index (χ4n) is 2.93. The van der Waals surface area contributed by atoms with Gasteiger partial charge in [0.05, 0.1) is 11.3 Å². The number of hydrogen-bond acceptors (Lipinski definition) is 4. The minimum atomic E-state index is -4.89. The molecule has 0 bridgehead atoms. The van der Waals surface area contributed by atoms with E-state index in [1.807, 2.05) is 0 Å². The van der Waals surface area contributed by atoms with Crippen LogP contribution in [0.5, 0.6) is 0 Å². The van der Waals surface area contributed by atoms with E-state index in [1.165, 1.54) is 0 Å². The maximum Gasteiger partial charge on any atom is 0.435 e. The van der Waals surface area contributed by atoms with E-state index in [4.69, 9.17) is 11.6 Å². The molecule has 4 aromatic rings. The average molecular weight is 476 g/mol. The number of nitrogens with one attached hydrogen (secondary N) is 1. The van der Waals surface area contributed by atoms with Crippen LogP contribution in [0.4, 0.5) is 42.4 Å². The highest BCUT2D eigenvalue weighted by atomic mass is 35.5. The van der Waals surface area contributed by atoms with Crippen LogP contribution in [0.2, 0.25) is 5.15 Å². The number of rotatable bonds is 3. The molecule has 0 spiro atoms. The summed E-state index contributed by atoms with van der Waals surface area (Å²) in [6, 6.07) is 6.86. The summed E-state index contributed by atoms with van der Waals surface area (Å²) in [6.45, 7) is 0. The molecular weight excluding hydrogens is 467 g/mol. The van der Waals surface area contributed by atoms with E-state index in [2.05, 4.69) is 20.3 Å². The van der Waals surface area contributed by atoms with Crippen molar-refractivity contribution in [3.05, 3.63) is 70.9 Å². The van der Waals surface area contributed by atoms with Crippen LogP contribution in [0, 0.1) is 5.82 Å². The predicted molar refractivity (Wildman–Crippen MR) is 101 cm³/mol. The number of aromatic nitrogens is 4. The third-order valence-corrected chi connectivity index (χ3v) is 4.45. The maximum absolute atomic E-state index is 13.7. The lowest BCUT2D eigenvalue weighted by Crippen LogP contribution is -2.09. The van der Waals surface area contributed by atoms with Crippen molar-refractivity contribution >= 4 is 28.9 Å². The third kappa shape index (κ3) is 4.31. The van der Waals surface area contributed by atoms with Crippen molar-refractivity contribution in [2.45, 2.75) is 12.4 Å². The van der Waals surface area contributed by atoms with Crippen molar-refractivity contribution in [2.24, 2.45) is 0 Å². The predicted octanol–water partition coefficient (Wildman–Crippen LogP) is 6.37. The van der Waals surface area contributed by atoms with Gasteiger partial charge < -0.3 is 5.32 Å². The number of halogens is 8. The molecule has 5 nitrogen and oxygen atoms in total. The zero-order chi connectivity index (χ0) is 23.3. The molecule has 3 heterocycles. The zero-order valence-electron chi connectivity index (χ0n) is 15.4. The lowest BCUT2D eigenvalue weighted by atomic mass is 10.2. The Hall–Kier alpha value is -3.41. The second kappa shape index (κ2) is 7.62. The van der Waals surface area contributed by atoms with E-state index in [0.717, 1.165) is 53.1 Å². The smallest absolute Gasteiger partial charge is 0.324 e. The highest BCUT2D eigenvalue weighted by Crippen LogP contribution is 2.37. The Morgan fingerprint density at radius 2 is 1.53 bits per heavy atom. The second-order valence-electron chi connectivity index (χ2n) is 6.48. The normalized spacial score (nSPS) is 12.4. The molecule has 0 atom stereocenters. The summed E-state index contributed by atoms with van der Waals surface area (Å²) in [6.07, 6.45) is -8.62. The van der Waals surface area contributed by atoms with Crippen molar-refractivity contribution in [1.82, 2.24) is 19.4 Å². The highest BCUT2D eigenvalue weighted by molar-refractivity contribution is 6.29. The topological polar surface area (TPSA) is 55.1 Å². The summed E-state index contributed by atoms with van der Waals surface area (Å²) in [4.78, 5) is 11.3. The average Bonchev–Trinajstić information content (AvgIpc) is 3.06. The Morgan fingerprint density at radius 3 is 2.16 bits per heavy atom. The highest BCUT2D eigenvalue weighted by Gasteiger charge is 2.39. The monoisotopic (exact) mass is 475 g/mol. The summed E-state index contributed by atoms with van der Waals surface area (Å²) in [5, 5.41) is 2.32. The van der Waals surface area contributed by atoms with Crippen molar-refractivity contribution in [3.8, 4) is 11.4 Å². The van der Waals surface area contributed by atoms with E-state index in [-0.39, 0.29) is 28.1 Å². The van der Waals surface area contributed by atoms with Gasteiger partial charge in [-0.1, -0.05) is 11.6 Å². The SMILES string of the molecule is Fc1ccc2nc(C(F)(F)F)c(-c3cc(Cl)nc(Nc4ccc(C(F)(F)F)cc4)n3)n2c1. The van der Waals surface area contributed by atoms with Gasteiger partial charge in [-0.05, 0) is 36.4 Å². The van der Waals surface area contributed by atoms with E-state index < -0.39 is 35.1 Å². The van der Waals surface area contributed by atoms with Gasteiger partial charge in [-0.25, -0.2) is 19.3 Å². The summed E-state index contributed by atoms with van der Waals surface area (Å²) < 4.78 is 93.5.